The molecule has 1 aliphatic heterocycles. The maximum Gasteiger partial charge on any atom is 0.306 e. The van der Waals surface area contributed by atoms with E-state index in [1.165, 1.54) is 16.6 Å². The molecule has 0 saturated carbocycles. The molecule has 4 nitrogen and oxygen atoms in total. The number of aliphatic carboxylic acids is 1. The second kappa shape index (κ2) is 5.12. The van der Waals surface area contributed by atoms with Gasteiger partial charge in [0.05, 0.1) is 5.92 Å². The molecule has 3 rings (SSSR count). The van der Waals surface area contributed by atoms with Gasteiger partial charge < -0.3 is 10.0 Å². The summed E-state index contributed by atoms with van der Waals surface area (Å²) >= 11 is 0. The molecule has 0 bridgehead atoms. The van der Waals surface area contributed by atoms with Crippen molar-refractivity contribution in [2.45, 2.75) is 19.8 Å². The first-order valence-corrected chi connectivity index (χ1v) is 6.98. The Hall–Kier alpha value is -2.10. The second-order valence-electron chi connectivity index (χ2n) is 5.43. The fraction of sp³-hybridized carbons (Fsp3) is 0.375. The van der Waals surface area contributed by atoms with Crippen LogP contribution in [0.2, 0.25) is 0 Å². The molecule has 1 saturated heterocycles. The molecule has 4 heteroatoms. The van der Waals surface area contributed by atoms with Gasteiger partial charge in [0, 0.05) is 41.9 Å². The number of aromatic nitrogens is 1. The SMILES string of the molecule is Cc1cncc2cccc(N3CCC(C(=O)O)CC3)c12. The number of carbonyl (C=O) groups is 1. The summed E-state index contributed by atoms with van der Waals surface area (Å²) in [6.45, 7) is 3.68. The van der Waals surface area contributed by atoms with Crippen LogP contribution in [0.5, 0.6) is 0 Å². The van der Waals surface area contributed by atoms with Gasteiger partial charge in [-0.2, -0.15) is 0 Å². The van der Waals surface area contributed by atoms with Crippen molar-refractivity contribution < 1.29 is 9.90 Å². The van der Waals surface area contributed by atoms with Crippen molar-refractivity contribution in [3.8, 4) is 0 Å². The average Bonchev–Trinajstić information content (AvgIpc) is 2.47. The Kier molecular flexibility index (Phi) is 3.30. The fourth-order valence-electron chi connectivity index (χ4n) is 3.02. The number of carboxylic acid groups (broad SMARTS) is 1. The third-order valence-corrected chi connectivity index (χ3v) is 4.14. The molecule has 1 aromatic heterocycles. The van der Waals surface area contributed by atoms with E-state index in [-0.39, 0.29) is 5.92 Å². The quantitative estimate of drug-likeness (QED) is 0.911. The van der Waals surface area contributed by atoms with Crippen molar-refractivity contribution in [1.82, 2.24) is 4.98 Å². The first-order chi connectivity index (χ1) is 9.66. The van der Waals surface area contributed by atoms with E-state index in [2.05, 4.69) is 28.9 Å². The molecule has 1 fully saturated rings. The van der Waals surface area contributed by atoms with E-state index >= 15 is 0 Å². The highest BCUT2D eigenvalue weighted by molar-refractivity contribution is 5.96. The summed E-state index contributed by atoms with van der Waals surface area (Å²) in [5.74, 6) is -0.855. The van der Waals surface area contributed by atoms with Crippen molar-refractivity contribution in [2.24, 2.45) is 5.92 Å². The molecule has 0 unspecified atom stereocenters. The Labute approximate surface area is 118 Å². The van der Waals surface area contributed by atoms with Gasteiger partial charge in [-0.3, -0.25) is 9.78 Å². The van der Waals surface area contributed by atoms with E-state index in [1.54, 1.807) is 0 Å². The van der Waals surface area contributed by atoms with Crippen LogP contribution in [0.25, 0.3) is 10.8 Å². The molecule has 0 amide bonds. The summed E-state index contributed by atoms with van der Waals surface area (Å²) in [5, 5.41) is 11.5. The monoisotopic (exact) mass is 270 g/mol. The summed E-state index contributed by atoms with van der Waals surface area (Å²) in [7, 11) is 0. The molecule has 104 valence electrons. The number of aryl methyl sites for hydroxylation is 1. The highest BCUT2D eigenvalue weighted by Crippen LogP contribution is 2.31. The summed E-state index contributed by atoms with van der Waals surface area (Å²) < 4.78 is 0. The second-order valence-corrected chi connectivity index (χ2v) is 5.43. The number of benzene rings is 1. The van der Waals surface area contributed by atoms with E-state index in [1.807, 2.05) is 18.5 Å². The molecular weight excluding hydrogens is 252 g/mol. The number of rotatable bonds is 2. The zero-order valence-corrected chi connectivity index (χ0v) is 11.5. The van der Waals surface area contributed by atoms with Gasteiger partial charge >= 0.3 is 5.97 Å². The summed E-state index contributed by atoms with van der Waals surface area (Å²) in [6.07, 6.45) is 5.21. The zero-order valence-electron chi connectivity index (χ0n) is 11.5. The minimum atomic E-state index is -0.664. The van der Waals surface area contributed by atoms with Gasteiger partial charge in [0.1, 0.15) is 0 Å². The van der Waals surface area contributed by atoms with Crippen LogP contribution in [-0.4, -0.2) is 29.1 Å². The van der Waals surface area contributed by atoms with Gasteiger partial charge in [-0.15, -0.1) is 0 Å². The third kappa shape index (κ3) is 2.22. The predicted octanol–water partition coefficient (Wildman–Crippen LogP) is 2.84. The molecule has 0 radical (unpaired) electrons. The Morgan fingerprint density at radius 3 is 2.75 bits per heavy atom. The zero-order chi connectivity index (χ0) is 14.1. The number of piperidine rings is 1. The first kappa shape index (κ1) is 12.9. The molecule has 0 aliphatic carbocycles. The third-order valence-electron chi connectivity index (χ3n) is 4.14. The molecule has 1 N–H and O–H groups in total. The lowest BCUT2D eigenvalue weighted by atomic mass is 9.95. The van der Waals surface area contributed by atoms with Crippen LogP contribution in [0.3, 0.4) is 0 Å². The Balaban J connectivity index is 1.94. The largest absolute Gasteiger partial charge is 0.481 e. The van der Waals surface area contributed by atoms with Crippen molar-refractivity contribution in [1.29, 1.82) is 0 Å². The highest BCUT2D eigenvalue weighted by Gasteiger charge is 2.25. The number of hydrogen-bond acceptors (Lipinski definition) is 3. The number of carboxylic acids is 1. The van der Waals surface area contributed by atoms with Crippen LogP contribution in [0.1, 0.15) is 18.4 Å². The molecule has 2 heterocycles. The van der Waals surface area contributed by atoms with Crippen LogP contribution in [0, 0.1) is 12.8 Å². The van der Waals surface area contributed by atoms with Gasteiger partial charge in [-0.05, 0) is 31.4 Å². The van der Waals surface area contributed by atoms with Crippen molar-refractivity contribution in [3.63, 3.8) is 0 Å². The molecule has 1 aromatic carbocycles. The molecular formula is C16H18N2O2. The summed E-state index contributed by atoms with van der Waals surface area (Å²) in [4.78, 5) is 17.6. The van der Waals surface area contributed by atoms with Crippen LogP contribution in [-0.2, 0) is 4.79 Å². The van der Waals surface area contributed by atoms with Gasteiger partial charge in [0.2, 0.25) is 0 Å². The number of hydrogen-bond donors (Lipinski definition) is 1. The standard InChI is InChI=1S/C16H18N2O2/c1-11-9-17-10-13-3-2-4-14(15(11)13)18-7-5-12(6-8-18)16(19)20/h2-4,9-10,12H,5-8H2,1H3,(H,19,20). The molecule has 1 aliphatic rings. The van der Waals surface area contributed by atoms with E-state index in [0.717, 1.165) is 31.3 Å². The minimum absolute atomic E-state index is 0.191. The van der Waals surface area contributed by atoms with E-state index in [4.69, 9.17) is 5.11 Å². The van der Waals surface area contributed by atoms with E-state index in [0.29, 0.717) is 0 Å². The average molecular weight is 270 g/mol. The fourth-order valence-corrected chi connectivity index (χ4v) is 3.02. The van der Waals surface area contributed by atoms with Gasteiger partial charge in [0.25, 0.3) is 0 Å². The van der Waals surface area contributed by atoms with E-state index in [9.17, 15) is 4.79 Å². The van der Waals surface area contributed by atoms with Crippen LogP contribution in [0.15, 0.2) is 30.6 Å². The topological polar surface area (TPSA) is 53.4 Å². The maximum absolute atomic E-state index is 11.0. The normalized spacial score (nSPS) is 16.6. The summed E-state index contributed by atoms with van der Waals surface area (Å²) in [5.41, 5.74) is 2.37. The van der Waals surface area contributed by atoms with Crippen LogP contribution >= 0.6 is 0 Å². The molecule has 20 heavy (non-hydrogen) atoms. The smallest absolute Gasteiger partial charge is 0.306 e. The van der Waals surface area contributed by atoms with Crippen LogP contribution < -0.4 is 4.90 Å². The molecule has 0 spiro atoms. The predicted molar refractivity (Wildman–Crippen MR) is 79.1 cm³/mol. The number of anilines is 1. The maximum atomic E-state index is 11.0. The highest BCUT2D eigenvalue weighted by atomic mass is 16.4. The minimum Gasteiger partial charge on any atom is -0.481 e. The van der Waals surface area contributed by atoms with Crippen LogP contribution in [0.4, 0.5) is 5.69 Å². The van der Waals surface area contributed by atoms with Crippen molar-refractivity contribution in [2.75, 3.05) is 18.0 Å². The Morgan fingerprint density at radius 1 is 1.30 bits per heavy atom. The van der Waals surface area contributed by atoms with Gasteiger partial charge in [-0.1, -0.05) is 12.1 Å². The lowest BCUT2D eigenvalue weighted by Gasteiger charge is -2.33. The Morgan fingerprint density at radius 2 is 2.05 bits per heavy atom. The van der Waals surface area contributed by atoms with Crippen molar-refractivity contribution >= 4 is 22.4 Å². The summed E-state index contributed by atoms with van der Waals surface area (Å²) in [6, 6.07) is 6.24. The van der Waals surface area contributed by atoms with E-state index < -0.39 is 5.97 Å². The number of fused-ring (bicyclic) bond motifs is 1. The Bertz CT molecular complexity index is 641. The molecule has 2 aromatic rings. The van der Waals surface area contributed by atoms with Gasteiger partial charge in [-0.25, -0.2) is 0 Å². The van der Waals surface area contributed by atoms with Gasteiger partial charge in [0.15, 0.2) is 0 Å². The lowest BCUT2D eigenvalue weighted by molar-refractivity contribution is -0.142. The van der Waals surface area contributed by atoms with Crippen molar-refractivity contribution in [3.05, 3.63) is 36.2 Å². The number of pyridine rings is 1. The first-order valence-electron chi connectivity index (χ1n) is 6.98. The lowest BCUT2D eigenvalue weighted by Crippen LogP contribution is -2.36. The molecule has 0 atom stereocenters. The number of nitrogens with zero attached hydrogens (tertiary/aromatic N) is 2.